The third kappa shape index (κ3) is 4.96. The molecular weight excluding hydrogens is 480 g/mol. The molecule has 1 aromatic carbocycles. The number of rotatable bonds is 5. The summed E-state index contributed by atoms with van der Waals surface area (Å²) in [5, 5.41) is 4.46. The van der Waals surface area contributed by atoms with Gasteiger partial charge in [-0.1, -0.05) is 12.1 Å². The number of nitrogens with zero attached hydrogens (tertiary/aromatic N) is 6. The summed E-state index contributed by atoms with van der Waals surface area (Å²) >= 11 is 0. The van der Waals surface area contributed by atoms with E-state index in [0.29, 0.717) is 36.6 Å². The average Bonchev–Trinajstić information content (AvgIpc) is 3.57. The molecule has 2 saturated heterocycles. The van der Waals surface area contributed by atoms with Crippen LogP contribution >= 0.6 is 0 Å². The van der Waals surface area contributed by atoms with Gasteiger partial charge in [0, 0.05) is 37.7 Å². The van der Waals surface area contributed by atoms with E-state index in [1.54, 1.807) is 4.52 Å². The van der Waals surface area contributed by atoms with Crippen LogP contribution in [0.2, 0.25) is 0 Å². The first-order valence-electron chi connectivity index (χ1n) is 14.0. The number of ether oxygens (including phenoxy) is 2. The van der Waals surface area contributed by atoms with E-state index in [-0.39, 0.29) is 12.0 Å². The van der Waals surface area contributed by atoms with Crippen LogP contribution in [0.25, 0.3) is 5.78 Å². The summed E-state index contributed by atoms with van der Waals surface area (Å²) in [5.41, 5.74) is 4.43. The first-order valence-corrected chi connectivity index (χ1v) is 14.0. The zero-order valence-corrected chi connectivity index (χ0v) is 22.7. The second-order valence-corrected chi connectivity index (χ2v) is 11.0. The highest BCUT2D eigenvalue weighted by Crippen LogP contribution is 2.37. The Bertz CT molecular complexity index is 1290. The largest absolute Gasteiger partial charge is 0.485 e. The van der Waals surface area contributed by atoms with E-state index in [1.807, 2.05) is 25.7 Å². The Balaban J connectivity index is 1.04. The van der Waals surface area contributed by atoms with Crippen molar-refractivity contribution in [2.75, 3.05) is 44.3 Å². The third-order valence-corrected chi connectivity index (χ3v) is 8.50. The molecule has 4 heterocycles. The summed E-state index contributed by atoms with van der Waals surface area (Å²) in [5.74, 6) is 3.21. The Labute approximate surface area is 224 Å². The van der Waals surface area contributed by atoms with Gasteiger partial charge in [0.1, 0.15) is 11.9 Å². The quantitative estimate of drug-likeness (QED) is 0.507. The molecule has 1 atom stereocenters. The van der Waals surface area contributed by atoms with Crippen LogP contribution in [-0.2, 0) is 9.53 Å². The normalized spacial score (nSPS) is 24.2. The smallest absolute Gasteiger partial charge is 0.253 e. The fourth-order valence-electron chi connectivity index (χ4n) is 6.33. The van der Waals surface area contributed by atoms with Crippen molar-refractivity contribution in [3.63, 3.8) is 0 Å². The van der Waals surface area contributed by atoms with E-state index < -0.39 is 0 Å². The number of hydrogen-bond acceptors (Lipinski definition) is 7. The van der Waals surface area contributed by atoms with Gasteiger partial charge in [-0.3, -0.25) is 4.79 Å². The Morgan fingerprint density at radius 3 is 2.42 bits per heavy atom. The molecule has 9 nitrogen and oxygen atoms in total. The number of anilines is 1. The maximum Gasteiger partial charge on any atom is 0.253 e. The van der Waals surface area contributed by atoms with Gasteiger partial charge in [0.05, 0.1) is 31.1 Å². The van der Waals surface area contributed by atoms with Crippen LogP contribution in [0.1, 0.15) is 60.8 Å². The number of morpholine rings is 1. The molecule has 0 radical (unpaired) electrons. The van der Waals surface area contributed by atoms with Gasteiger partial charge in [-0.15, -0.1) is 5.10 Å². The molecule has 0 bridgehead atoms. The fraction of sp³-hybridized carbons (Fsp3) is 0.586. The molecule has 1 saturated carbocycles. The number of amides is 1. The molecule has 1 unspecified atom stereocenters. The van der Waals surface area contributed by atoms with E-state index in [0.717, 1.165) is 75.4 Å². The number of fused-ring (bicyclic) bond motifs is 1. The van der Waals surface area contributed by atoms with E-state index in [9.17, 15) is 4.79 Å². The number of benzene rings is 1. The van der Waals surface area contributed by atoms with Crippen molar-refractivity contribution in [2.45, 2.75) is 64.9 Å². The zero-order valence-electron chi connectivity index (χ0n) is 22.7. The lowest BCUT2D eigenvalue weighted by atomic mass is 9.78. The van der Waals surface area contributed by atoms with Gasteiger partial charge in [0.15, 0.2) is 5.75 Å². The Morgan fingerprint density at radius 2 is 1.68 bits per heavy atom. The van der Waals surface area contributed by atoms with Crippen LogP contribution in [0.15, 0.2) is 24.3 Å². The predicted molar refractivity (Wildman–Crippen MR) is 145 cm³/mol. The topological polar surface area (TPSA) is 85.1 Å². The van der Waals surface area contributed by atoms with Gasteiger partial charge in [0.2, 0.25) is 5.91 Å². The molecule has 3 fully saturated rings. The van der Waals surface area contributed by atoms with Crippen molar-refractivity contribution in [1.82, 2.24) is 24.5 Å². The van der Waals surface area contributed by atoms with Gasteiger partial charge >= 0.3 is 0 Å². The second-order valence-electron chi connectivity index (χ2n) is 11.0. The van der Waals surface area contributed by atoms with Crippen molar-refractivity contribution < 1.29 is 14.3 Å². The second kappa shape index (κ2) is 10.5. The highest BCUT2D eigenvalue weighted by molar-refractivity contribution is 5.79. The number of carbonyl (C=O) groups excluding carboxylic acids is 1. The van der Waals surface area contributed by atoms with Crippen molar-refractivity contribution in [2.24, 2.45) is 5.92 Å². The highest BCUT2D eigenvalue weighted by Gasteiger charge is 2.31. The Kier molecular flexibility index (Phi) is 6.95. The molecule has 0 spiro atoms. The molecule has 38 heavy (non-hydrogen) atoms. The maximum absolute atomic E-state index is 12.9. The highest BCUT2D eigenvalue weighted by atomic mass is 16.5. The van der Waals surface area contributed by atoms with Crippen molar-refractivity contribution in [3.05, 3.63) is 47.0 Å². The molecule has 9 heteroatoms. The fourth-order valence-corrected chi connectivity index (χ4v) is 6.33. The first-order chi connectivity index (χ1) is 18.5. The molecule has 202 valence electrons. The average molecular weight is 519 g/mol. The predicted octanol–water partition coefficient (Wildman–Crippen LogP) is 3.84. The van der Waals surface area contributed by atoms with Gasteiger partial charge in [-0.2, -0.15) is 9.50 Å². The number of carbonyl (C=O) groups is 1. The maximum atomic E-state index is 12.9. The van der Waals surface area contributed by atoms with Crippen LogP contribution in [-0.4, -0.2) is 75.9 Å². The summed E-state index contributed by atoms with van der Waals surface area (Å²) in [4.78, 5) is 26.3. The van der Waals surface area contributed by atoms with Gasteiger partial charge < -0.3 is 19.3 Å². The van der Waals surface area contributed by atoms with Crippen molar-refractivity contribution in [3.8, 4) is 5.75 Å². The molecular formula is C29H38N6O3. The number of aromatic nitrogens is 4. The SMILES string of the molecule is Cc1nc2nc(C)c(OC3CCN(c4ccc(C5CCC(C(=O)N6CCOCC6)CC5)cc4)C3)c(C)n2n1. The molecule has 2 aliphatic heterocycles. The van der Waals surface area contributed by atoms with Gasteiger partial charge in [-0.25, -0.2) is 4.98 Å². The lowest BCUT2D eigenvalue weighted by Crippen LogP contribution is -2.44. The first kappa shape index (κ1) is 25.1. The molecule has 2 aromatic heterocycles. The van der Waals surface area contributed by atoms with Crippen LogP contribution in [0.3, 0.4) is 0 Å². The monoisotopic (exact) mass is 518 g/mol. The third-order valence-electron chi connectivity index (χ3n) is 8.50. The van der Waals surface area contributed by atoms with Gasteiger partial charge in [0.25, 0.3) is 5.78 Å². The minimum absolute atomic E-state index is 0.107. The van der Waals surface area contributed by atoms with E-state index in [1.165, 1.54) is 11.3 Å². The minimum atomic E-state index is 0.107. The Morgan fingerprint density at radius 1 is 0.947 bits per heavy atom. The van der Waals surface area contributed by atoms with Crippen LogP contribution in [0, 0.1) is 26.7 Å². The summed E-state index contributed by atoms with van der Waals surface area (Å²) in [6.45, 7) is 10.5. The summed E-state index contributed by atoms with van der Waals surface area (Å²) in [7, 11) is 0. The van der Waals surface area contributed by atoms with Crippen molar-refractivity contribution in [1.29, 1.82) is 0 Å². The van der Waals surface area contributed by atoms with Crippen molar-refractivity contribution >= 4 is 17.4 Å². The van der Waals surface area contributed by atoms with Gasteiger partial charge in [-0.05, 0) is 70.1 Å². The molecule has 0 N–H and O–H groups in total. The van der Waals surface area contributed by atoms with Crippen LogP contribution in [0.5, 0.6) is 5.75 Å². The zero-order chi connectivity index (χ0) is 26.2. The molecule has 1 amide bonds. The lowest BCUT2D eigenvalue weighted by molar-refractivity contribution is -0.140. The molecule has 1 aliphatic carbocycles. The summed E-state index contributed by atoms with van der Waals surface area (Å²) < 4.78 is 13.6. The standard InChI is InChI=1S/C29H38N6O3/c1-19-27(20(2)35-29(30-19)31-21(3)32-35)38-26-12-13-34(18-26)25-10-8-23(9-11-25)22-4-6-24(7-5-22)28(36)33-14-16-37-17-15-33/h8-11,22,24,26H,4-7,12-18H2,1-3H3. The van der Waals surface area contributed by atoms with E-state index in [2.05, 4.69) is 44.2 Å². The lowest BCUT2D eigenvalue weighted by Gasteiger charge is -2.34. The minimum Gasteiger partial charge on any atom is -0.485 e. The van der Waals surface area contributed by atoms with E-state index in [4.69, 9.17) is 9.47 Å². The van der Waals surface area contributed by atoms with Crippen LogP contribution < -0.4 is 9.64 Å². The molecule has 3 aliphatic rings. The summed E-state index contributed by atoms with van der Waals surface area (Å²) in [6, 6.07) is 9.09. The van der Waals surface area contributed by atoms with E-state index >= 15 is 0 Å². The Hall–Kier alpha value is -3.20. The van der Waals surface area contributed by atoms with Crippen LogP contribution in [0.4, 0.5) is 5.69 Å². The molecule has 6 rings (SSSR count). The number of aryl methyl sites for hydroxylation is 3. The molecule has 3 aromatic rings. The number of hydrogen-bond donors (Lipinski definition) is 0. The summed E-state index contributed by atoms with van der Waals surface area (Å²) in [6.07, 6.45) is 5.22.